The topological polar surface area (TPSA) is 12.0 Å². The maximum absolute atomic E-state index is 3.77. The molecule has 0 aromatic heterocycles. The predicted molar refractivity (Wildman–Crippen MR) is 96.3 cm³/mol. The molecule has 1 aliphatic carbocycles. The van der Waals surface area contributed by atoms with Crippen molar-refractivity contribution in [3.05, 3.63) is 34.9 Å². The summed E-state index contributed by atoms with van der Waals surface area (Å²) in [6, 6.07) is 7.39. The average Bonchev–Trinajstić information content (AvgIpc) is 2.51. The van der Waals surface area contributed by atoms with Gasteiger partial charge in [0.15, 0.2) is 0 Å². The molecule has 1 aromatic carbocycles. The molecule has 1 unspecified atom stereocenters. The highest BCUT2D eigenvalue weighted by atomic mass is 32.2. The van der Waals surface area contributed by atoms with Gasteiger partial charge in [0.25, 0.3) is 0 Å². The van der Waals surface area contributed by atoms with Gasteiger partial charge in [-0.15, -0.1) is 0 Å². The van der Waals surface area contributed by atoms with E-state index in [-0.39, 0.29) is 0 Å². The van der Waals surface area contributed by atoms with Crippen molar-refractivity contribution in [3.8, 4) is 0 Å². The van der Waals surface area contributed by atoms with E-state index >= 15 is 0 Å². The van der Waals surface area contributed by atoms with E-state index in [1.165, 1.54) is 61.0 Å². The molecule has 0 amide bonds. The number of aryl methyl sites for hydroxylation is 2. The maximum atomic E-state index is 3.77. The van der Waals surface area contributed by atoms with Crippen LogP contribution in [0.4, 0.5) is 0 Å². The zero-order valence-electron chi connectivity index (χ0n) is 14.0. The van der Waals surface area contributed by atoms with Crippen LogP contribution in [0.3, 0.4) is 0 Å². The third-order valence-electron chi connectivity index (χ3n) is 4.50. The molecule has 0 radical (unpaired) electrons. The fourth-order valence-electron chi connectivity index (χ4n) is 3.18. The number of benzene rings is 1. The third-order valence-corrected chi connectivity index (χ3v) is 5.97. The molecule has 1 atom stereocenters. The molecular formula is C19H31NS. The predicted octanol–water partition coefficient (Wildman–Crippen LogP) is 5.41. The highest BCUT2D eigenvalue weighted by Gasteiger charge is 2.18. The van der Waals surface area contributed by atoms with Crippen LogP contribution in [0.2, 0.25) is 0 Å². The van der Waals surface area contributed by atoms with Gasteiger partial charge in [-0.25, -0.2) is 0 Å². The van der Waals surface area contributed by atoms with Crippen LogP contribution >= 0.6 is 11.8 Å². The van der Waals surface area contributed by atoms with E-state index in [4.69, 9.17) is 0 Å². The van der Waals surface area contributed by atoms with Crippen molar-refractivity contribution in [1.82, 2.24) is 5.32 Å². The summed E-state index contributed by atoms with van der Waals surface area (Å²) in [5.74, 6) is 1.22. The van der Waals surface area contributed by atoms with Gasteiger partial charge >= 0.3 is 0 Å². The fraction of sp³-hybridized carbons (Fsp3) is 0.684. The fourth-order valence-corrected chi connectivity index (χ4v) is 4.61. The Kier molecular flexibility index (Phi) is 7.12. The van der Waals surface area contributed by atoms with Crippen molar-refractivity contribution in [2.24, 2.45) is 0 Å². The Morgan fingerprint density at radius 2 is 1.95 bits per heavy atom. The van der Waals surface area contributed by atoms with Gasteiger partial charge in [0.05, 0.1) is 0 Å². The minimum Gasteiger partial charge on any atom is -0.309 e. The van der Waals surface area contributed by atoms with E-state index in [0.29, 0.717) is 6.04 Å². The van der Waals surface area contributed by atoms with Crippen LogP contribution in [0.1, 0.15) is 68.2 Å². The average molecular weight is 306 g/mol. The van der Waals surface area contributed by atoms with Gasteiger partial charge in [0.1, 0.15) is 0 Å². The number of hydrogen-bond acceptors (Lipinski definition) is 2. The SMILES string of the molecule is CCCNC(CSC1CCCCC1)c1cc(C)ccc1C. The Balaban J connectivity index is 2.00. The van der Waals surface area contributed by atoms with Crippen molar-refractivity contribution in [2.75, 3.05) is 12.3 Å². The molecule has 2 rings (SSSR count). The van der Waals surface area contributed by atoms with Crippen LogP contribution in [0, 0.1) is 13.8 Å². The number of nitrogens with one attached hydrogen (secondary N) is 1. The Morgan fingerprint density at radius 1 is 1.19 bits per heavy atom. The quantitative estimate of drug-likeness (QED) is 0.723. The van der Waals surface area contributed by atoms with Gasteiger partial charge in [-0.2, -0.15) is 11.8 Å². The summed E-state index contributed by atoms with van der Waals surface area (Å²) in [6.07, 6.45) is 8.39. The molecular weight excluding hydrogens is 274 g/mol. The van der Waals surface area contributed by atoms with Crippen LogP contribution in [-0.4, -0.2) is 17.5 Å². The third kappa shape index (κ3) is 5.34. The lowest BCUT2D eigenvalue weighted by atomic mass is 10.00. The van der Waals surface area contributed by atoms with Crippen LogP contribution < -0.4 is 5.32 Å². The van der Waals surface area contributed by atoms with Crippen molar-refractivity contribution in [3.63, 3.8) is 0 Å². The maximum Gasteiger partial charge on any atom is 0.0414 e. The van der Waals surface area contributed by atoms with Crippen molar-refractivity contribution in [1.29, 1.82) is 0 Å². The minimum atomic E-state index is 0.511. The van der Waals surface area contributed by atoms with Crippen molar-refractivity contribution >= 4 is 11.8 Å². The molecule has 118 valence electrons. The highest BCUT2D eigenvalue weighted by Crippen LogP contribution is 2.32. The van der Waals surface area contributed by atoms with E-state index in [9.17, 15) is 0 Å². The summed E-state index contributed by atoms with van der Waals surface area (Å²) < 4.78 is 0. The van der Waals surface area contributed by atoms with Gasteiger partial charge in [0.2, 0.25) is 0 Å². The summed E-state index contributed by atoms with van der Waals surface area (Å²) >= 11 is 2.20. The molecule has 0 heterocycles. The zero-order chi connectivity index (χ0) is 15.1. The van der Waals surface area contributed by atoms with E-state index in [1.54, 1.807) is 0 Å². The molecule has 0 aliphatic heterocycles. The molecule has 1 aromatic rings. The van der Waals surface area contributed by atoms with Gasteiger partial charge < -0.3 is 5.32 Å². The Hall–Kier alpha value is -0.470. The summed E-state index contributed by atoms with van der Waals surface area (Å²) in [6.45, 7) is 7.82. The molecule has 0 spiro atoms. The molecule has 2 heteroatoms. The van der Waals surface area contributed by atoms with E-state index in [0.717, 1.165) is 11.8 Å². The summed E-state index contributed by atoms with van der Waals surface area (Å²) in [7, 11) is 0. The van der Waals surface area contributed by atoms with E-state index in [2.05, 4.69) is 56.0 Å². The Bertz CT molecular complexity index is 424. The van der Waals surface area contributed by atoms with Crippen molar-refractivity contribution < 1.29 is 0 Å². The largest absolute Gasteiger partial charge is 0.309 e. The smallest absolute Gasteiger partial charge is 0.0414 e. The Morgan fingerprint density at radius 3 is 2.67 bits per heavy atom. The molecule has 1 saturated carbocycles. The number of thioether (sulfide) groups is 1. The van der Waals surface area contributed by atoms with Gasteiger partial charge in [0, 0.05) is 17.0 Å². The molecule has 1 nitrogen and oxygen atoms in total. The normalized spacial score (nSPS) is 17.9. The van der Waals surface area contributed by atoms with Crippen LogP contribution in [0.25, 0.3) is 0 Å². The lowest BCUT2D eigenvalue weighted by Crippen LogP contribution is -2.26. The van der Waals surface area contributed by atoms with Crippen LogP contribution in [0.5, 0.6) is 0 Å². The minimum absolute atomic E-state index is 0.511. The number of hydrogen-bond donors (Lipinski definition) is 1. The first-order valence-electron chi connectivity index (χ1n) is 8.63. The summed E-state index contributed by atoms with van der Waals surface area (Å²) in [5.41, 5.74) is 4.31. The monoisotopic (exact) mass is 305 g/mol. The lowest BCUT2D eigenvalue weighted by Gasteiger charge is -2.26. The molecule has 1 N–H and O–H groups in total. The highest BCUT2D eigenvalue weighted by molar-refractivity contribution is 7.99. The standard InChI is InChI=1S/C19H31NS/c1-4-12-20-19(14-21-17-8-6-5-7-9-17)18-13-15(2)10-11-16(18)3/h10-11,13,17,19-20H,4-9,12,14H2,1-3H3. The van der Waals surface area contributed by atoms with Gasteiger partial charge in [-0.3, -0.25) is 0 Å². The molecule has 21 heavy (non-hydrogen) atoms. The second-order valence-corrected chi connectivity index (χ2v) is 7.79. The van der Waals surface area contributed by atoms with Crippen LogP contribution in [0.15, 0.2) is 18.2 Å². The summed E-state index contributed by atoms with van der Waals surface area (Å²) in [5, 5.41) is 4.67. The second kappa shape index (κ2) is 8.85. The first-order valence-corrected chi connectivity index (χ1v) is 9.67. The molecule has 0 saturated heterocycles. The van der Waals surface area contributed by atoms with Gasteiger partial charge in [-0.1, -0.05) is 49.9 Å². The van der Waals surface area contributed by atoms with Crippen LogP contribution in [-0.2, 0) is 0 Å². The van der Waals surface area contributed by atoms with E-state index < -0.39 is 0 Å². The zero-order valence-corrected chi connectivity index (χ0v) is 14.8. The Labute approximate surface area is 135 Å². The van der Waals surface area contributed by atoms with E-state index in [1.807, 2.05) is 0 Å². The second-order valence-electron chi connectivity index (χ2n) is 6.46. The number of rotatable bonds is 7. The lowest BCUT2D eigenvalue weighted by molar-refractivity contribution is 0.513. The molecule has 0 bridgehead atoms. The first-order chi connectivity index (χ1) is 10.2. The molecule has 1 fully saturated rings. The first kappa shape index (κ1) is 16.9. The molecule has 1 aliphatic rings. The van der Waals surface area contributed by atoms with Gasteiger partial charge in [-0.05, 0) is 50.8 Å². The summed E-state index contributed by atoms with van der Waals surface area (Å²) in [4.78, 5) is 0. The van der Waals surface area contributed by atoms with Crippen molar-refractivity contribution in [2.45, 2.75) is 70.6 Å².